The van der Waals surface area contributed by atoms with Crippen molar-refractivity contribution >= 4 is 11.8 Å². The maximum Gasteiger partial charge on any atom is 0.409 e. The van der Waals surface area contributed by atoms with Crippen LogP contribution in [0.5, 0.6) is 0 Å². The van der Waals surface area contributed by atoms with Crippen molar-refractivity contribution in [1.29, 1.82) is 0 Å². The second-order valence-electron chi connectivity index (χ2n) is 3.57. The number of carbonyl (C=O) groups is 1. The lowest BCUT2D eigenvalue weighted by Crippen LogP contribution is -2.16. The third-order valence-corrected chi connectivity index (χ3v) is 1.82. The van der Waals surface area contributed by atoms with E-state index in [1.54, 1.807) is 38.1 Å². The summed E-state index contributed by atoms with van der Waals surface area (Å²) in [5.74, 6) is 0. The quantitative estimate of drug-likeness (QED) is 0.676. The van der Waals surface area contributed by atoms with Gasteiger partial charge in [-0.1, -0.05) is 12.1 Å². The number of nitrogens with one attached hydrogen (secondary N) is 1. The maximum absolute atomic E-state index is 10.4. The molecule has 0 aliphatic heterocycles. The molecular formula is C10H13NO3. The van der Waals surface area contributed by atoms with Crippen molar-refractivity contribution in [1.82, 2.24) is 0 Å². The summed E-state index contributed by atoms with van der Waals surface area (Å²) in [7, 11) is 0. The number of rotatable bonds is 2. The molecule has 0 spiro atoms. The van der Waals surface area contributed by atoms with Crippen molar-refractivity contribution in [3.8, 4) is 0 Å². The first-order valence-electron chi connectivity index (χ1n) is 4.22. The van der Waals surface area contributed by atoms with Gasteiger partial charge >= 0.3 is 6.09 Å². The van der Waals surface area contributed by atoms with Crippen molar-refractivity contribution in [2.24, 2.45) is 0 Å². The van der Waals surface area contributed by atoms with Crippen LogP contribution in [0, 0.1) is 0 Å². The summed E-state index contributed by atoms with van der Waals surface area (Å²) >= 11 is 0. The third kappa shape index (κ3) is 2.74. The van der Waals surface area contributed by atoms with E-state index in [0.717, 1.165) is 0 Å². The SMILES string of the molecule is CC(C)(O)c1cccc(NC(=O)O)c1. The molecular weight excluding hydrogens is 182 g/mol. The largest absolute Gasteiger partial charge is 0.465 e. The van der Waals surface area contributed by atoms with Crippen molar-refractivity contribution in [3.63, 3.8) is 0 Å². The van der Waals surface area contributed by atoms with Crippen molar-refractivity contribution < 1.29 is 15.0 Å². The Bertz CT molecular complexity index is 341. The number of hydrogen-bond donors (Lipinski definition) is 3. The third-order valence-electron chi connectivity index (χ3n) is 1.82. The molecule has 0 unspecified atom stereocenters. The van der Waals surface area contributed by atoms with Crippen LogP contribution in [0.25, 0.3) is 0 Å². The van der Waals surface area contributed by atoms with Gasteiger partial charge in [0.25, 0.3) is 0 Å². The fourth-order valence-electron chi connectivity index (χ4n) is 1.10. The van der Waals surface area contributed by atoms with Gasteiger partial charge in [0.05, 0.1) is 5.60 Å². The molecule has 1 aromatic carbocycles. The molecule has 0 atom stereocenters. The second-order valence-corrected chi connectivity index (χ2v) is 3.57. The molecule has 1 amide bonds. The van der Waals surface area contributed by atoms with E-state index >= 15 is 0 Å². The van der Waals surface area contributed by atoms with E-state index in [4.69, 9.17) is 5.11 Å². The predicted molar refractivity (Wildman–Crippen MR) is 53.3 cm³/mol. The molecule has 0 aliphatic rings. The molecule has 0 aliphatic carbocycles. The molecule has 0 saturated heterocycles. The number of benzene rings is 1. The Morgan fingerprint density at radius 1 is 1.43 bits per heavy atom. The molecule has 0 saturated carbocycles. The molecule has 1 rings (SSSR count). The second kappa shape index (κ2) is 3.67. The summed E-state index contributed by atoms with van der Waals surface area (Å²) in [6, 6.07) is 6.67. The van der Waals surface area contributed by atoms with Gasteiger partial charge < -0.3 is 10.2 Å². The Morgan fingerprint density at radius 3 is 2.57 bits per heavy atom. The first-order valence-corrected chi connectivity index (χ1v) is 4.22. The van der Waals surface area contributed by atoms with Gasteiger partial charge in [0.1, 0.15) is 0 Å². The van der Waals surface area contributed by atoms with E-state index in [2.05, 4.69) is 5.32 Å². The number of aliphatic hydroxyl groups is 1. The minimum atomic E-state index is -1.11. The number of carboxylic acid groups (broad SMARTS) is 1. The molecule has 14 heavy (non-hydrogen) atoms. The van der Waals surface area contributed by atoms with Crippen molar-refractivity contribution in [2.45, 2.75) is 19.4 Å². The lowest BCUT2D eigenvalue weighted by atomic mass is 9.98. The summed E-state index contributed by atoms with van der Waals surface area (Å²) in [6.07, 6.45) is -1.11. The highest BCUT2D eigenvalue weighted by Crippen LogP contribution is 2.22. The fourth-order valence-corrected chi connectivity index (χ4v) is 1.10. The van der Waals surface area contributed by atoms with E-state index in [1.165, 1.54) is 0 Å². The van der Waals surface area contributed by atoms with Gasteiger partial charge in [0.15, 0.2) is 0 Å². The van der Waals surface area contributed by atoms with Crippen LogP contribution in [-0.2, 0) is 5.60 Å². The Balaban J connectivity index is 2.95. The minimum absolute atomic E-state index is 0.456. The first kappa shape index (κ1) is 10.5. The summed E-state index contributed by atoms with van der Waals surface area (Å²) in [6.45, 7) is 3.29. The van der Waals surface area contributed by atoms with Crippen LogP contribution in [0.2, 0.25) is 0 Å². The van der Waals surface area contributed by atoms with Gasteiger partial charge in [-0.25, -0.2) is 4.79 Å². The maximum atomic E-state index is 10.4. The average Bonchev–Trinajstić information content (AvgIpc) is 2.01. The van der Waals surface area contributed by atoms with Crippen LogP contribution in [0.15, 0.2) is 24.3 Å². The van der Waals surface area contributed by atoms with Crippen LogP contribution in [-0.4, -0.2) is 16.3 Å². The molecule has 3 N–H and O–H groups in total. The Morgan fingerprint density at radius 2 is 2.07 bits per heavy atom. The zero-order valence-corrected chi connectivity index (χ0v) is 8.11. The van der Waals surface area contributed by atoms with Crippen LogP contribution in [0.3, 0.4) is 0 Å². The Labute approximate surface area is 82.2 Å². The van der Waals surface area contributed by atoms with E-state index < -0.39 is 11.7 Å². The Kier molecular flexibility index (Phi) is 2.76. The normalized spacial score (nSPS) is 11.1. The zero-order chi connectivity index (χ0) is 10.8. The summed E-state index contributed by atoms with van der Waals surface area (Å²) in [4.78, 5) is 10.4. The van der Waals surface area contributed by atoms with E-state index in [1.807, 2.05) is 0 Å². The molecule has 0 radical (unpaired) electrons. The lowest BCUT2D eigenvalue weighted by molar-refractivity contribution is 0.0786. The van der Waals surface area contributed by atoms with Crippen LogP contribution >= 0.6 is 0 Å². The Hall–Kier alpha value is -1.55. The molecule has 0 bridgehead atoms. The number of hydrogen-bond acceptors (Lipinski definition) is 2. The van der Waals surface area contributed by atoms with Crippen molar-refractivity contribution in [3.05, 3.63) is 29.8 Å². The van der Waals surface area contributed by atoms with E-state index in [0.29, 0.717) is 11.3 Å². The molecule has 0 aromatic heterocycles. The molecule has 4 nitrogen and oxygen atoms in total. The van der Waals surface area contributed by atoms with Crippen LogP contribution in [0.1, 0.15) is 19.4 Å². The van der Waals surface area contributed by atoms with Gasteiger partial charge in [-0.15, -0.1) is 0 Å². The van der Waals surface area contributed by atoms with E-state index in [-0.39, 0.29) is 0 Å². The van der Waals surface area contributed by atoms with Crippen LogP contribution in [0.4, 0.5) is 10.5 Å². The minimum Gasteiger partial charge on any atom is -0.465 e. The molecule has 0 heterocycles. The highest BCUT2D eigenvalue weighted by Gasteiger charge is 2.15. The van der Waals surface area contributed by atoms with Gasteiger partial charge in [-0.2, -0.15) is 0 Å². The average molecular weight is 195 g/mol. The lowest BCUT2D eigenvalue weighted by Gasteiger charge is -2.18. The van der Waals surface area contributed by atoms with Crippen LogP contribution < -0.4 is 5.32 Å². The number of amides is 1. The highest BCUT2D eigenvalue weighted by atomic mass is 16.4. The molecule has 0 fully saturated rings. The van der Waals surface area contributed by atoms with E-state index in [9.17, 15) is 9.90 Å². The molecule has 4 heteroatoms. The zero-order valence-electron chi connectivity index (χ0n) is 8.11. The van der Waals surface area contributed by atoms with Crippen molar-refractivity contribution in [2.75, 3.05) is 5.32 Å². The van der Waals surface area contributed by atoms with Gasteiger partial charge in [-0.05, 0) is 31.5 Å². The fraction of sp³-hybridized carbons (Fsp3) is 0.300. The highest BCUT2D eigenvalue weighted by molar-refractivity contribution is 5.82. The molecule has 1 aromatic rings. The predicted octanol–water partition coefficient (Wildman–Crippen LogP) is 2.00. The standard InChI is InChI=1S/C10H13NO3/c1-10(2,14)7-4-3-5-8(6-7)11-9(12)13/h3-6,11,14H,1-2H3,(H,12,13). The van der Waals surface area contributed by atoms with Gasteiger partial charge in [0, 0.05) is 5.69 Å². The van der Waals surface area contributed by atoms with Gasteiger partial charge in [0.2, 0.25) is 0 Å². The topological polar surface area (TPSA) is 69.6 Å². The summed E-state index contributed by atoms with van der Waals surface area (Å²) in [5, 5.41) is 20.4. The summed E-state index contributed by atoms with van der Waals surface area (Å²) in [5.41, 5.74) is 0.164. The number of anilines is 1. The summed E-state index contributed by atoms with van der Waals surface area (Å²) < 4.78 is 0. The first-order chi connectivity index (χ1) is 6.39. The molecule has 76 valence electrons. The van der Waals surface area contributed by atoms with Gasteiger partial charge in [-0.3, -0.25) is 5.32 Å². The monoisotopic (exact) mass is 195 g/mol. The smallest absolute Gasteiger partial charge is 0.409 e.